The van der Waals surface area contributed by atoms with Crippen molar-refractivity contribution in [1.82, 2.24) is 10.6 Å². The quantitative estimate of drug-likeness (QED) is 0.745. The highest BCUT2D eigenvalue weighted by atomic mass is 32.2. The van der Waals surface area contributed by atoms with Crippen molar-refractivity contribution in [3.05, 3.63) is 53.6 Å². The maximum Gasteiger partial charge on any atom is 0.258 e. The highest BCUT2D eigenvalue weighted by molar-refractivity contribution is 7.99. The molecule has 29 heavy (non-hydrogen) atoms. The van der Waals surface area contributed by atoms with Gasteiger partial charge in [-0.1, -0.05) is 6.07 Å². The molecule has 2 aromatic carbocycles. The minimum Gasteiger partial charge on any atom is -0.369 e. The third kappa shape index (κ3) is 4.02. The van der Waals surface area contributed by atoms with E-state index in [1.54, 1.807) is 0 Å². The molecule has 3 aliphatic heterocycles. The summed E-state index contributed by atoms with van der Waals surface area (Å²) in [4.78, 5) is 18.9. The molecule has 0 unspecified atom stereocenters. The molecule has 2 N–H and O–H groups in total. The van der Waals surface area contributed by atoms with Crippen LogP contribution in [-0.2, 0) is 6.42 Å². The van der Waals surface area contributed by atoms with Gasteiger partial charge >= 0.3 is 0 Å². The van der Waals surface area contributed by atoms with Crippen molar-refractivity contribution in [2.45, 2.75) is 11.3 Å². The Bertz CT molecular complexity index is 892. The number of carbonyl (C=O) groups excluding carboxylic acids is 1. The van der Waals surface area contributed by atoms with Crippen LogP contribution in [0.5, 0.6) is 0 Å². The number of hydrogen-bond acceptors (Lipinski definition) is 5. The first-order valence-corrected chi connectivity index (χ1v) is 11.6. The number of rotatable bonds is 5. The average molecular weight is 409 g/mol. The Morgan fingerprint density at radius 1 is 1.03 bits per heavy atom. The molecule has 0 radical (unpaired) electrons. The maximum absolute atomic E-state index is 13.3. The number of benzene rings is 2. The fraction of sp³-hybridized carbons (Fsp3) is 0.435. The molecule has 2 saturated heterocycles. The van der Waals surface area contributed by atoms with Crippen molar-refractivity contribution < 1.29 is 4.79 Å². The Hall–Kier alpha value is -2.02. The zero-order valence-electron chi connectivity index (χ0n) is 16.7. The first kappa shape index (κ1) is 19.0. The van der Waals surface area contributed by atoms with Crippen molar-refractivity contribution in [1.29, 1.82) is 0 Å². The molecular formula is C23H28N4OS. The number of piperazine rings is 1. The van der Waals surface area contributed by atoms with Crippen molar-refractivity contribution in [2.24, 2.45) is 5.92 Å². The number of amides is 1. The van der Waals surface area contributed by atoms with E-state index in [0.717, 1.165) is 75.1 Å². The summed E-state index contributed by atoms with van der Waals surface area (Å²) in [6, 6.07) is 14.7. The molecule has 2 fully saturated rings. The number of anilines is 2. The van der Waals surface area contributed by atoms with Gasteiger partial charge in [0.1, 0.15) is 0 Å². The molecule has 0 atom stereocenters. The van der Waals surface area contributed by atoms with Gasteiger partial charge in [-0.15, -0.1) is 11.8 Å². The molecule has 5 rings (SSSR count). The molecule has 0 aliphatic carbocycles. The van der Waals surface area contributed by atoms with Crippen LogP contribution >= 0.6 is 11.8 Å². The summed E-state index contributed by atoms with van der Waals surface area (Å²) < 4.78 is 0. The Labute approximate surface area is 176 Å². The minimum atomic E-state index is 0.113. The van der Waals surface area contributed by atoms with E-state index in [9.17, 15) is 4.79 Å². The van der Waals surface area contributed by atoms with Gasteiger partial charge in [0.25, 0.3) is 5.91 Å². The van der Waals surface area contributed by atoms with Crippen LogP contribution in [-0.4, -0.2) is 57.5 Å². The fourth-order valence-electron chi connectivity index (χ4n) is 4.27. The summed E-state index contributed by atoms with van der Waals surface area (Å²) in [5.74, 6) is 2.09. The predicted octanol–water partition coefficient (Wildman–Crippen LogP) is 2.61. The zero-order valence-corrected chi connectivity index (χ0v) is 17.5. The predicted molar refractivity (Wildman–Crippen MR) is 120 cm³/mol. The van der Waals surface area contributed by atoms with E-state index in [1.165, 1.54) is 16.2 Å². The van der Waals surface area contributed by atoms with Gasteiger partial charge in [-0.2, -0.15) is 0 Å². The second kappa shape index (κ2) is 8.38. The summed E-state index contributed by atoms with van der Waals surface area (Å²) in [5.41, 5.74) is 4.31. The molecule has 152 valence electrons. The SMILES string of the molecule is O=C(c1cccc(N2CCNCC2)c1)N1CCc2cc(SCC3CNC3)ccc21. The standard InChI is InChI=1S/C23H28N4OS/c28-23(19-2-1-3-20(12-19)26-10-7-24-8-11-26)27-9-6-18-13-21(4-5-22(18)27)29-16-17-14-25-15-17/h1-5,12-13,17,24-25H,6-11,14-16H2. The number of nitrogens with one attached hydrogen (secondary N) is 2. The Morgan fingerprint density at radius 3 is 2.69 bits per heavy atom. The third-order valence-electron chi connectivity index (χ3n) is 6.12. The monoisotopic (exact) mass is 408 g/mol. The number of fused-ring (bicyclic) bond motifs is 1. The Morgan fingerprint density at radius 2 is 1.90 bits per heavy atom. The lowest BCUT2D eigenvalue weighted by molar-refractivity contribution is 0.0989. The molecule has 2 aromatic rings. The number of carbonyl (C=O) groups is 1. The molecule has 1 amide bonds. The van der Waals surface area contributed by atoms with Gasteiger partial charge in [-0.3, -0.25) is 4.79 Å². The van der Waals surface area contributed by atoms with Crippen LogP contribution in [0.15, 0.2) is 47.4 Å². The van der Waals surface area contributed by atoms with Crippen LogP contribution in [0, 0.1) is 5.92 Å². The number of thioether (sulfide) groups is 1. The van der Waals surface area contributed by atoms with E-state index in [1.807, 2.05) is 28.8 Å². The third-order valence-corrected chi connectivity index (χ3v) is 7.34. The smallest absolute Gasteiger partial charge is 0.258 e. The molecule has 5 nitrogen and oxygen atoms in total. The lowest BCUT2D eigenvalue weighted by Gasteiger charge is -2.30. The summed E-state index contributed by atoms with van der Waals surface area (Å²) in [6.45, 7) is 7.03. The lowest BCUT2D eigenvalue weighted by atomic mass is 10.1. The zero-order chi connectivity index (χ0) is 19.6. The largest absolute Gasteiger partial charge is 0.369 e. The number of nitrogens with zero attached hydrogens (tertiary/aromatic N) is 2. The minimum absolute atomic E-state index is 0.113. The first-order chi connectivity index (χ1) is 14.3. The van der Waals surface area contributed by atoms with Gasteiger partial charge in [-0.05, 0) is 67.4 Å². The normalized spacial score (nSPS) is 19.2. The molecular weight excluding hydrogens is 380 g/mol. The molecule has 3 heterocycles. The second-order valence-electron chi connectivity index (χ2n) is 8.12. The molecule has 0 spiro atoms. The van der Waals surface area contributed by atoms with E-state index in [4.69, 9.17) is 0 Å². The van der Waals surface area contributed by atoms with Crippen molar-refractivity contribution in [3.8, 4) is 0 Å². The Balaban J connectivity index is 1.30. The van der Waals surface area contributed by atoms with E-state index >= 15 is 0 Å². The molecule has 3 aliphatic rings. The highest BCUT2D eigenvalue weighted by Crippen LogP contribution is 2.34. The summed E-state index contributed by atoms with van der Waals surface area (Å²) in [6.07, 6.45) is 0.942. The first-order valence-electron chi connectivity index (χ1n) is 10.6. The summed E-state index contributed by atoms with van der Waals surface area (Å²) in [5, 5.41) is 6.72. The van der Waals surface area contributed by atoms with Crippen molar-refractivity contribution in [2.75, 3.05) is 61.4 Å². The summed E-state index contributed by atoms with van der Waals surface area (Å²) >= 11 is 1.94. The van der Waals surface area contributed by atoms with Gasteiger partial charge in [0.15, 0.2) is 0 Å². The van der Waals surface area contributed by atoms with Crippen LogP contribution in [0.25, 0.3) is 0 Å². The van der Waals surface area contributed by atoms with Gasteiger partial charge in [0, 0.05) is 60.3 Å². The highest BCUT2D eigenvalue weighted by Gasteiger charge is 2.26. The maximum atomic E-state index is 13.3. The topological polar surface area (TPSA) is 47.6 Å². The molecule has 0 saturated carbocycles. The van der Waals surface area contributed by atoms with Gasteiger partial charge in [0.2, 0.25) is 0 Å². The van der Waals surface area contributed by atoms with Crippen LogP contribution in [0.1, 0.15) is 15.9 Å². The van der Waals surface area contributed by atoms with E-state index in [2.05, 4.69) is 45.9 Å². The van der Waals surface area contributed by atoms with E-state index in [0.29, 0.717) is 0 Å². The van der Waals surface area contributed by atoms with Crippen molar-refractivity contribution >= 4 is 29.0 Å². The van der Waals surface area contributed by atoms with Gasteiger partial charge < -0.3 is 20.4 Å². The van der Waals surface area contributed by atoms with Crippen molar-refractivity contribution in [3.63, 3.8) is 0 Å². The lowest BCUT2D eigenvalue weighted by Crippen LogP contribution is -2.43. The molecule has 0 aromatic heterocycles. The van der Waals surface area contributed by atoms with Crippen LogP contribution in [0.4, 0.5) is 11.4 Å². The van der Waals surface area contributed by atoms with Gasteiger partial charge in [-0.25, -0.2) is 0 Å². The molecule has 6 heteroatoms. The average Bonchev–Trinajstić information content (AvgIpc) is 3.16. The van der Waals surface area contributed by atoms with Gasteiger partial charge in [0.05, 0.1) is 0 Å². The van der Waals surface area contributed by atoms with E-state index < -0.39 is 0 Å². The summed E-state index contributed by atoms with van der Waals surface area (Å²) in [7, 11) is 0. The Kier molecular flexibility index (Phi) is 5.48. The van der Waals surface area contributed by atoms with E-state index in [-0.39, 0.29) is 5.91 Å². The van der Waals surface area contributed by atoms with Crippen LogP contribution in [0.2, 0.25) is 0 Å². The fourth-order valence-corrected chi connectivity index (χ4v) is 5.33. The molecule has 0 bridgehead atoms. The van der Waals surface area contributed by atoms with Crippen LogP contribution < -0.4 is 20.4 Å². The van der Waals surface area contributed by atoms with Crippen LogP contribution in [0.3, 0.4) is 0 Å². The number of hydrogen-bond donors (Lipinski definition) is 2. The second-order valence-corrected chi connectivity index (χ2v) is 9.21.